The highest BCUT2D eigenvalue weighted by molar-refractivity contribution is 7.12. The van der Waals surface area contributed by atoms with E-state index in [1.807, 2.05) is 19.1 Å². The fourth-order valence-electron chi connectivity index (χ4n) is 1.19. The Hall–Kier alpha value is -1.88. The zero-order chi connectivity index (χ0) is 11.4. The zero-order valence-electron chi connectivity index (χ0n) is 8.73. The summed E-state index contributed by atoms with van der Waals surface area (Å²) in [5.41, 5.74) is 0. The Balaban J connectivity index is 1.94. The minimum Gasteiger partial charge on any atom is -0.331 e. The molecule has 2 aromatic rings. The first-order chi connectivity index (χ1) is 7.74. The number of amides is 1. The number of aryl methyl sites for hydroxylation is 1. The third-order valence-electron chi connectivity index (χ3n) is 1.90. The van der Waals surface area contributed by atoms with Gasteiger partial charge in [-0.25, -0.2) is 4.98 Å². The maximum absolute atomic E-state index is 11.4. The Labute approximate surface area is 97.0 Å². The third kappa shape index (κ3) is 2.80. The van der Waals surface area contributed by atoms with Gasteiger partial charge in [0.2, 0.25) is 5.95 Å². The van der Waals surface area contributed by atoms with E-state index >= 15 is 0 Å². The largest absolute Gasteiger partial charge is 0.331 e. The van der Waals surface area contributed by atoms with Crippen LogP contribution in [0.25, 0.3) is 6.08 Å². The van der Waals surface area contributed by atoms with Gasteiger partial charge >= 0.3 is 0 Å². The molecule has 0 aliphatic carbocycles. The van der Waals surface area contributed by atoms with E-state index in [1.165, 1.54) is 11.0 Å². The molecule has 0 radical (unpaired) electrons. The molecule has 82 valence electrons. The first-order valence-electron chi connectivity index (χ1n) is 4.79. The molecule has 2 N–H and O–H groups in total. The summed E-state index contributed by atoms with van der Waals surface area (Å²) in [7, 11) is 0. The van der Waals surface area contributed by atoms with E-state index in [0.717, 1.165) is 4.88 Å². The number of thiophene rings is 1. The van der Waals surface area contributed by atoms with Gasteiger partial charge in [-0.1, -0.05) is 0 Å². The number of hydrogen-bond donors (Lipinski definition) is 2. The topological polar surface area (TPSA) is 57.8 Å². The van der Waals surface area contributed by atoms with Gasteiger partial charge in [-0.2, -0.15) is 0 Å². The molecule has 16 heavy (non-hydrogen) atoms. The molecule has 2 rings (SSSR count). The Morgan fingerprint density at radius 1 is 1.56 bits per heavy atom. The number of imidazole rings is 1. The van der Waals surface area contributed by atoms with Gasteiger partial charge < -0.3 is 4.98 Å². The van der Waals surface area contributed by atoms with Crippen LogP contribution in [0.4, 0.5) is 5.95 Å². The summed E-state index contributed by atoms with van der Waals surface area (Å²) in [5.74, 6) is 0.262. The van der Waals surface area contributed by atoms with Gasteiger partial charge in [0.1, 0.15) is 0 Å². The van der Waals surface area contributed by atoms with Gasteiger partial charge in [0.05, 0.1) is 0 Å². The van der Waals surface area contributed by atoms with Crippen molar-refractivity contribution in [2.45, 2.75) is 6.92 Å². The van der Waals surface area contributed by atoms with Gasteiger partial charge in [0.15, 0.2) is 0 Å². The predicted octanol–water partition coefficient (Wildman–Crippen LogP) is 2.43. The highest BCUT2D eigenvalue weighted by Gasteiger charge is 1.99. The first kappa shape index (κ1) is 10.6. The van der Waals surface area contributed by atoms with Crippen molar-refractivity contribution in [2.24, 2.45) is 0 Å². The number of carbonyl (C=O) groups is 1. The average Bonchev–Trinajstić information content (AvgIpc) is 2.87. The van der Waals surface area contributed by atoms with E-state index in [1.54, 1.807) is 29.8 Å². The number of carbonyl (C=O) groups excluding carboxylic acids is 1. The van der Waals surface area contributed by atoms with E-state index in [2.05, 4.69) is 15.3 Å². The lowest BCUT2D eigenvalue weighted by atomic mass is 10.4. The normalized spacial score (nSPS) is 10.8. The number of hydrogen-bond acceptors (Lipinski definition) is 3. The second-order valence-electron chi connectivity index (χ2n) is 3.21. The van der Waals surface area contributed by atoms with Gasteiger partial charge in [-0.05, 0) is 25.1 Å². The van der Waals surface area contributed by atoms with Crippen molar-refractivity contribution in [2.75, 3.05) is 5.32 Å². The van der Waals surface area contributed by atoms with Crippen LogP contribution in [0.2, 0.25) is 0 Å². The average molecular weight is 233 g/mol. The minimum atomic E-state index is -0.194. The maximum Gasteiger partial charge on any atom is 0.250 e. The van der Waals surface area contributed by atoms with Crippen molar-refractivity contribution in [3.63, 3.8) is 0 Å². The lowest BCUT2D eigenvalue weighted by Crippen LogP contribution is -2.08. The monoisotopic (exact) mass is 233 g/mol. The van der Waals surface area contributed by atoms with E-state index in [9.17, 15) is 4.79 Å². The van der Waals surface area contributed by atoms with Crippen LogP contribution in [-0.4, -0.2) is 15.9 Å². The van der Waals surface area contributed by atoms with Crippen LogP contribution in [0.5, 0.6) is 0 Å². The molecule has 0 saturated carbocycles. The predicted molar refractivity (Wildman–Crippen MR) is 65.3 cm³/mol. The molecule has 0 spiro atoms. The number of H-pyrrole nitrogens is 1. The lowest BCUT2D eigenvalue weighted by molar-refractivity contribution is -0.111. The summed E-state index contributed by atoms with van der Waals surface area (Å²) in [6.07, 6.45) is 6.52. The fraction of sp³-hybridized carbons (Fsp3) is 0.0909. The van der Waals surface area contributed by atoms with Crippen molar-refractivity contribution in [1.29, 1.82) is 0 Å². The second kappa shape index (κ2) is 4.76. The quantitative estimate of drug-likeness (QED) is 0.800. The SMILES string of the molecule is Cc1ccc(C=CC(=O)Nc2ncc[nH]2)s1. The number of aromatic nitrogens is 2. The molecule has 0 aliphatic rings. The van der Waals surface area contributed by atoms with Crippen molar-refractivity contribution in [3.05, 3.63) is 40.4 Å². The molecule has 0 saturated heterocycles. The molecule has 0 fully saturated rings. The summed E-state index contributed by atoms with van der Waals surface area (Å²) in [6, 6.07) is 4.01. The summed E-state index contributed by atoms with van der Waals surface area (Å²) >= 11 is 1.65. The van der Waals surface area contributed by atoms with Crippen LogP contribution in [0.15, 0.2) is 30.6 Å². The van der Waals surface area contributed by atoms with Crippen molar-refractivity contribution < 1.29 is 4.79 Å². The smallest absolute Gasteiger partial charge is 0.250 e. The van der Waals surface area contributed by atoms with Gasteiger partial charge in [0, 0.05) is 28.2 Å². The van der Waals surface area contributed by atoms with Gasteiger partial charge in [-0.3, -0.25) is 10.1 Å². The van der Waals surface area contributed by atoms with E-state index in [4.69, 9.17) is 0 Å². The third-order valence-corrected chi connectivity index (χ3v) is 2.87. The van der Waals surface area contributed by atoms with Gasteiger partial charge in [0.25, 0.3) is 5.91 Å². The Morgan fingerprint density at radius 2 is 2.44 bits per heavy atom. The van der Waals surface area contributed by atoms with Crippen LogP contribution in [0.3, 0.4) is 0 Å². The summed E-state index contributed by atoms with van der Waals surface area (Å²) in [4.78, 5) is 20.4. The number of nitrogens with one attached hydrogen (secondary N) is 2. The first-order valence-corrected chi connectivity index (χ1v) is 5.60. The molecule has 0 unspecified atom stereocenters. The van der Waals surface area contributed by atoms with Crippen LogP contribution in [0.1, 0.15) is 9.75 Å². The molecular formula is C11H11N3OS. The second-order valence-corrected chi connectivity index (χ2v) is 4.53. The van der Waals surface area contributed by atoms with E-state index < -0.39 is 0 Å². The number of aromatic amines is 1. The van der Waals surface area contributed by atoms with Crippen LogP contribution >= 0.6 is 11.3 Å². The molecule has 2 aromatic heterocycles. The molecule has 4 nitrogen and oxygen atoms in total. The highest BCUT2D eigenvalue weighted by Crippen LogP contribution is 2.16. The van der Waals surface area contributed by atoms with E-state index in [-0.39, 0.29) is 5.91 Å². The maximum atomic E-state index is 11.4. The molecule has 0 atom stereocenters. The summed E-state index contributed by atoms with van der Waals surface area (Å²) < 4.78 is 0. The van der Waals surface area contributed by atoms with Crippen molar-refractivity contribution in [1.82, 2.24) is 9.97 Å². The molecule has 0 aromatic carbocycles. The fourth-order valence-corrected chi connectivity index (χ4v) is 1.97. The number of nitrogens with zero attached hydrogens (tertiary/aromatic N) is 1. The molecule has 2 heterocycles. The zero-order valence-corrected chi connectivity index (χ0v) is 9.54. The van der Waals surface area contributed by atoms with Crippen LogP contribution in [0, 0.1) is 6.92 Å². The van der Waals surface area contributed by atoms with Gasteiger partial charge in [-0.15, -0.1) is 11.3 Å². The van der Waals surface area contributed by atoms with Crippen LogP contribution < -0.4 is 5.32 Å². The Bertz CT molecular complexity index is 499. The summed E-state index contributed by atoms with van der Waals surface area (Å²) in [5, 5.41) is 2.61. The van der Waals surface area contributed by atoms with Crippen molar-refractivity contribution >= 4 is 29.3 Å². The van der Waals surface area contributed by atoms with Crippen molar-refractivity contribution in [3.8, 4) is 0 Å². The number of anilines is 1. The van der Waals surface area contributed by atoms with E-state index in [0.29, 0.717) is 5.95 Å². The molecule has 5 heteroatoms. The lowest BCUT2D eigenvalue weighted by Gasteiger charge is -1.94. The Morgan fingerprint density at radius 3 is 3.06 bits per heavy atom. The molecule has 0 aliphatic heterocycles. The number of rotatable bonds is 3. The molecule has 1 amide bonds. The summed E-state index contributed by atoms with van der Waals surface area (Å²) in [6.45, 7) is 2.03. The van der Waals surface area contributed by atoms with Crippen LogP contribution in [-0.2, 0) is 4.79 Å². The highest BCUT2D eigenvalue weighted by atomic mass is 32.1. The molecular weight excluding hydrogens is 222 g/mol. The minimum absolute atomic E-state index is 0.194. The standard InChI is InChI=1S/C11H11N3OS/c1-8-2-3-9(16-8)4-5-10(15)14-11-12-6-7-13-11/h2-7H,1H3,(H2,12,13,14,15). The molecule has 0 bridgehead atoms. The Kier molecular flexibility index (Phi) is 3.16.